The zero-order chi connectivity index (χ0) is 23.5. The summed E-state index contributed by atoms with van der Waals surface area (Å²) in [6.45, 7) is 4.10. The van der Waals surface area contributed by atoms with E-state index < -0.39 is 0 Å². The molecule has 166 valence electrons. The Morgan fingerprint density at radius 1 is 0.735 bits per heavy atom. The number of aromatic nitrogens is 2. The molecule has 1 N–H and O–H groups in total. The van der Waals surface area contributed by atoms with Gasteiger partial charge in [0, 0.05) is 22.4 Å². The molecule has 0 saturated heterocycles. The normalized spacial score (nSPS) is 10.9. The molecule has 0 spiro atoms. The number of aryl methyl sites for hydroxylation is 2. The SMILES string of the molecule is CCc1cccc(C)c1NC(=O)c1ccc2nc(-c3ccccc3)c(-c3ccccc3)nc2c1. The number of para-hydroxylation sites is 1. The number of hydrogen-bond acceptors (Lipinski definition) is 3. The lowest BCUT2D eigenvalue weighted by Gasteiger charge is -2.14. The van der Waals surface area contributed by atoms with Crippen molar-refractivity contribution >= 4 is 22.6 Å². The molecule has 0 atom stereocenters. The fourth-order valence-corrected chi connectivity index (χ4v) is 4.18. The molecule has 1 aromatic heterocycles. The summed E-state index contributed by atoms with van der Waals surface area (Å²) < 4.78 is 0. The molecule has 1 heterocycles. The number of amides is 1. The molecule has 1 amide bonds. The van der Waals surface area contributed by atoms with Crippen LogP contribution in [0.3, 0.4) is 0 Å². The molecule has 4 heteroatoms. The van der Waals surface area contributed by atoms with E-state index in [1.807, 2.05) is 104 Å². The first-order valence-corrected chi connectivity index (χ1v) is 11.5. The van der Waals surface area contributed by atoms with Crippen LogP contribution in [0.15, 0.2) is 97.1 Å². The largest absolute Gasteiger partial charge is 0.321 e. The molecule has 0 saturated carbocycles. The highest BCUT2D eigenvalue weighted by Gasteiger charge is 2.16. The van der Waals surface area contributed by atoms with E-state index in [2.05, 4.69) is 12.2 Å². The number of anilines is 1. The predicted molar refractivity (Wildman–Crippen MR) is 139 cm³/mol. The van der Waals surface area contributed by atoms with Crippen molar-refractivity contribution in [1.82, 2.24) is 9.97 Å². The van der Waals surface area contributed by atoms with Gasteiger partial charge in [0.25, 0.3) is 5.91 Å². The summed E-state index contributed by atoms with van der Waals surface area (Å²) in [5.41, 5.74) is 8.64. The van der Waals surface area contributed by atoms with Crippen LogP contribution in [0.2, 0.25) is 0 Å². The van der Waals surface area contributed by atoms with Gasteiger partial charge in [-0.2, -0.15) is 0 Å². The lowest BCUT2D eigenvalue weighted by molar-refractivity contribution is 0.102. The molecule has 4 nitrogen and oxygen atoms in total. The Bertz CT molecular complexity index is 1480. The van der Waals surface area contributed by atoms with Crippen molar-refractivity contribution in [3.05, 3.63) is 114 Å². The summed E-state index contributed by atoms with van der Waals surface area (Å²) in [6, 6.07) is 31.7. The summed E-state index contributed by atoms with van der Waals surface area (Å²) in [6.07, 6.45) is 0.850. The number of nitrogens with one attached hydrogen (secondary N) is 1. The smallest absolute Gasteiger partial charge is 0.255 e. The number of hydrogen-bond donors (Lipinski definition) is 1. The highest BCUT2D eigenvalue weighted by molar-refractivity contribution is 6.06. The number of nitrogens with zero attached hydrogens (tertiary/aromatic N) is 2. The minimum atomic E-state index is -0.152. The average Bonchev–Trinajstić information content (AvgIpc) is 2.89. The van der Waals surface area contributed by atoms with E-state index in [4.69, 9.17) is 9.97 Å². The Hall–Kier alpha value is -4.31. The third-order valence-corrected chi connectivity index (χ3v) is 6.00. The van der Waals surface area contributed by atoms with Gasteiger partial charge < -0.3 is 5.32 Å². The van der Waals surface area contributed by atoms with Crippen molar-refractivity contribution < 1.29 is 4.79 Å². The second kappa shape index (κ2) is 9.28. The van der Waals surface area contributed by atoms with E-state index in [-0.39, 0.29) is 5.91 Å². The fourth-order valence-electron chi connectivity index (χ4n) is 4.18. The Kier molecular flexibility index (Phi) is 5.88. The second-order valence-corrected chi connectivity index (χ2v) is 8.27. The molecule has 0 radical (unpaired) electrons. The first kappa shape index (κ1) is 21.5. The van der Waals surface area contributed by atoms with Gasteiger partial charge in [-0.15, -0.1) is 0 Å². The number of fused-ring (bicyclic) bond motifs is 1. The lowest BCUT2D eigenvalue weighted by atomic mass is 10.0. The highest BCUT2D eigenvalue weighted by atomic mass is 16.1. The monoisotopic (exact) mass is 443 g/mol. The minimum Gasteiger partial charge on any atom is -0.321 e. The predicted octanol–water partition coefficient (Wildman–Crippen LogP) is 7.09. The van der Waals surface area contributed by atoms with Crippen LogP contribution in [0, 0.1) is 6.92 Å². The molecule has 0 aliphatic heterocycles. The summed E-state index contributed by atoms with van der Waals surface area (Å²) in [5.74, 6) is -0.152. The molecule has 5 rings (SSSR count). The van der Waals surface area contributed by atoms with E-state index >= 15 is 0 Å². The first-order valence-electron chi connectivity index (χ1n) is 11.5. The molecule has 0 bridgehead atoms. The Balaban J connectivity index is 1.59. The molecular weight excluding hydrogens is 418 g/mol. The van der Waals surface area contributed by atoms with Crippen LogP contribution in [0.1, 0.15) is 28.4 Å². The topological polar surface area (TPSA) is 54.9 Å². The molecular formula is C30H25N3O. The first-order chi connectivity index (χ1) is 16.6. The maximum atomic E-state index is 13.2. The minimum absolute atomic E-state index is 0.152. The van der Waals surface area contributed by atoms with Crippen molar-refractivity contribution in [2.24, 2.45) is 0 Å². The van der Waals surface area contributed by atoms with Crippen LogP contribution in [0.4, 0.5) is 5.69 Å². The number of benzene rings is 4. The molecule has 0 unspecified atom stereocenters. The Morgan fingerprint density at radius 3 is 1.97 bits per heavy atom. The van der Waals surface area contributed by atoms with Gasteiger partial charge in [-0.3, -0.25) is 4.79 Å². The third kappa shape index (κ3) is 4.18. The van der Waals surface area contributed by atoms with Gasteiger partial charge in [0.2, 0.25) is 0 Å². The van der Waals surface area contributed by atoms with Crippen LogP contribution in [-0.4, -0.2) is 15.9 Å². The van der Waals surface area contributed by atoms with E-state index in [9.17, 15) is 4.79 Å². The molecule has 4 aromatic carbocycles. The standard InChI is InChI=1S/C30H25N3O/c1-3-21-16-10-11-20(2)27(21)33-30(34)24-17-18-25-26(19-24)32-29(23-14-8-5-9-15-23)28(31-25)22-12-6-4-7-13-22/h4-19H,3H2,1-2H3,(H,33,34). The van der Waals surface area contributed by atoms with Crippen LogP contribution in [-0.2, 0) is 6.42 Å². The van der Waals surface area contributed by atoms with E-state index in [0.717, 1.165) is 51.3 Å². The number of carbonyl (C=O) groups is 1. The quantitative estimate of drug-likeness (QED) is 0.316. The Labute approximate surface area is 199 Å². The average molecular weight is 444 g/mol. The van der Waals surface area contributed by atoms with Crippen molar-refractivity contribution in [2.45, 2.75) is 20.3 Å². The van der Waals surface area contributed by atoms with Crippen LogP contribution < -0.4 is 5.32 Å². The summed E-state index contributed by atoms with van der Waals surface area (Å²) in [4.78, 5) is 23.1. The van der Waals surface area contributed by atoms with Gasteiger partial charge in [-0.25, -0.2) is 9.97 Å². The van der Waals surface area contributed by atoms with Crippen LogP contribution >= 0.6 is 0 Å². The number of carbonyl (C=O) groups excluding carboxylic acids is 1. The summed E-state index contributed by atoms with van der Waals surface area (Å²) in [7, 11) is 0. The fraction of sp³-hybridized carbons (Fsp3) is 0.100. The third-order valence-electron chi connectivity index (χ3n) is 6.00. The molecule has 0 aliphatic rings. The van der Waals surface area contributed by atoms with E-state index in [1.54, 1.807) is 0 Å². The van der Waals surface area contributed by atoms with E-state index in [0.29, 0.717) is 11.1 Å². The lowest BCUT2D eigenvalue weighted by Crippen LogP contribution is -2.14. The van der Waals surface area contributed by atoms with Gasteiger partial charge in [0.15, 0.2) is 0 Å². The molecule has 0 aliphatic carbocycles. The van der Waals surface area contributed by atoms with Crippen molar-refractivity contribution in [2.75, 3.05) is 5.32 Å². The van der Waals surface area contributed by atoms with E-state index in [1.165, 1.54) is 0 Å². The molecule has 5 aromatic rings. The maximum Gasteiger partial charge on any atom is 0.255 e. The zero-order valence-electron chi connectivity index (χ0n) is 19.2. The summed E-state index contributed by atoms with van der Waals surface area (Å²) in [5, 5.41) is 3.11. The number of rotatable bonds is 5. The van der Waals surface area contributed by atoms with Crippen molar-refractivity contribution in [1.29, 1.82) is 0 Å². The van der Waals surface area contributed by atoms with Crippen molar-refractivity contribution in [3.63, 3.8) is 0 Å². The van der Waals surface area contributed by atoms with Gasteiger partial charge in [-0.1, -0.05) is 85.8 Å². The van der Waals surface area contributed by atoms with Gasteiger partial charge >= 0.3 is 0 Å². The Morgan fingerprint density at radius 2 is 1.35 bits per heavy atom. The van der Waals surface area contributed by atoms with Crippen LogP contribution in [0.25, 0.3) is 33.5 Å². The zero-order valence-corrected chi connectivity index (χ0v) is 19.2. The second-order valence-electron chi connectivity index (χ2n) is 8.27. The van der Waals surface area contributed by atoms with Gasteiger partial charge in [0.05, 0.1) is 22.4 Å². The highest BCUT2D eigenvalue weighted by Crippen LogP contribution is 2.31. The van der Waals surface area contributed by atoms with Crippen LogP contribution in [0.5, 0.6) is 0 Å². The summed E-state index contributed by atoms with van der Waals surface area (Å²) >= 11 is 0. The molecule has 0 fully saturated rings. The maximum absolute atomic E-state index is 13.2. The van der Waals surface area contributed by atoms with Gasteiger partial charge in [0.1, 0.15) is 0 Å². The van der Waals surface area contributed by atoms with Crippen molar-refractivity contribution in [3.8, 4) is 22.5 Å². The molecule has 34 heavy (non-hydrogen) atoms. The van der Waals surface area contributed by atoms with Gasteiger partial charge in [-0.05, 0) is 42.7 Å².